The number of carbonyl (C=O) groups is 1. The number of aromatic nitrogens is 1. The van der Waals surface area contributed by atoms with E-state index >= 15 is 0 Å². The molecule has 4 heterocycles. The maximum absolute atomic E-state index is 13.8. The Hall–Kier alpha value is -2.38. The highest BCUT2D eigenvalue weighted by molar-refractivity contribution is 7.89. The van der Waals surface area contributed by atoms with Gasteiger partial charge in [-0.05, 0) is 25.0 Å². The lowest BCUT2D eigenvalue weighted by molar-refractivity contribution is -0.136. The van der Waals surface area contributed by atoms with Crippen molar-refractivity contribution in [3.8, 4) is 0 Å². The number of piperidine rings is 1. The molecule has 3 aliphatic rings. The maximum atomic E-state index is 13.8. The minimum Gasteiger partial charge on any atom is -0.466 e. The van der Waals surface area contributed by atoms with Gasteiger partial charge in [-0.2, -0.15) is 0 Å². The Labute approximate surface area is 217 Å². The van der Waals surface area contributed by atoms with E-state index in [-0.39, 0.29) is 29.7 Å². The predicted octanol–water partition coefficient (Wildman–Crippen LogP) is 2.89. The molecular weight excluding hydrogens is 531 g/mol. The summed E-state index contributed by atoms with van der Waals surface area (Å²) in [5.74, 6) is -0.808. The molecule has 36 heavy (non-hydrogen) atoms. The van der Waals surface area contributed by atoms with Crippen LogP contribution in [0.15, 0.2) is 46.0 Å². The normalized spacial score (nSPS) is 22.1. The Morgan fingerprint density at radius 2 is 2.06 bits per heavy atom. The molecule has 1 N–H and O–H groups in total. The molecule has 2 fully saturated rings. The first-order chi connectivity index (χ1) is 17.3. The average molecular weight is 555 g/mol. The molecule has 1 aromatic carbocycles. The predicted molar refractivity (Wildman–Crippen MR) is 133 cm³/mol. The molecule has 0 radical (unpaired) electrons. The van der Waals surface area contributed by atoms with Gasteiger partial charge in [-0.1, -0.05) is 17.7 Å². The van der Waals surface area contributed by atoms with Crippen LogP contribution in [-0.4, -0.2) is 68.2 Å². The number of allylic oxidation sites excluding steroid dienone is 1. The summed E-state index contributed by atoms with van der Waals surface area (Å²) in [6.45, 7) is 1.06. The summed E-state index contributed by atoms with van der Waals surface area (Å²) >= 11 is 7.78. The van der Waals surface area contributed by atoms with Crippen molar-refractivity contribution in [3.05, 3.63) is 62.5 Å². The lowest BCUT2D eigenvalue weighted by Crippen LogP contribution is -2.51. The zero-order chi connectivity index (χ0) is 25.4. The van der Waals surface area contributed by atoms with Crippen LogP contribution in [0, 0.1) is 11.7 Å². The fourth-order valence-corrected chi connectivity index (χ4v) is 7.15. The van der Waals surface area contributed by atoms with Crippen molar-refractivity contribution in [1.29, 1.82) is 0 Å². The summed E-state index contributed by atoms with van der Waals surface area (Å²) < 4.78 is 51.2. The van der Waals surface area contributed by atoms with Crippen LogP contribution < -0.4 is 5.32 Å². The molecule has 5 rings (SSSR count). The maximum Gasteiger partial charge on any atom is 0.338 e. The lowest BCUT2D eigenvalue weighted by atomic mass is 9.86. The van der Waals surface area contributed by atoms with Crippen molar-refractivity contribution in [2.75, 3.05) is 33.4 Å². The fourth-order valence-electron chi connectivity index (χ4n) is 4.61. The molecule has 3 aliphatic heterocycles. The number of ether oxygens (including phenoxy) is 2. The fraction of sp³-hybridized carbons (Fsp3) is 0.435. The molecule has 2 aromatic rings. The Morgan fingerprint density at radius 3 is 2.64 bits per heavy atom. The summed E-state index contributed by atoms with van der Waals surface area (Å²) in [6, 6.07) is 3.10. The number of esters is 1. The first-order valence-corrected chi connectivity index (χ1v) is 14.1. The van der Waals surface area contributed by atoms with Crippen molar-refractivity contribution < 1.29 is 27.1 Å². The molecule has 2 saturated heterocycles. The second kappa shape index (κ2) is 10.2. The smallest absolute Gasteiger partial charge is 0.338 e. The molecule has 0 amide bonds. The molecule has 0 saturated carbocycles. The molecule has 0 spiro atoms. The van der Waals surface area contributed by atoms with E-state index in [0.717, 1.165) is 0 Å². The van der Waals surface area contributed by atoms with Gasteiger partial charge in [-0.3, -0.25) is 4.99 Å². The number of sulfonamides is 1. The van der Waals surface area contributed by atoms with Crippen LogP contribution in [0.25, 0.3) is 0 Å². The highest BCUT2D eigenvalue weighted by Crippen LogP contribution is 2.40. The van der Waals surface area contributed by atoms with Gasteiger partial charge >= 0.3 is 5.97 Å². The summed E-state index contributed by atoms with van der Waals surface area (Å²) in [5.41, 5.74) is 1.31. The second-order valence-electron chi connectivity index (χ2n) is 8.70. The summed E-state index contributed by atoms with van der Waals surface area (Å²) in [7, 11) is -2.14. The second-order valence-corrected chi connectivity index (χ2v) is 12.2. The van der Waals surface area contributed by atoms with Crippen molar-refractivity contribution in [2.45, 2.75) is 24.1 Å². The van der Waals surface area contributed by atoms with E-state index in [1.807, 2.05) is 5.38 Å². The largest absolute Gasteiger partial charge is 0.466 e. The number of rotatable bonds is 6. The molecule has 0 bridgehead atoms. The van der Waals surface area contributed by atoms with E-state index < -0.39 is 33.1 Å². The Balaban J connectivity index is 1.52. The monoisotopic (exact) mass is 554 g/mol. The van der Waals surface area contributed by atoms with Crippen LogP contribution in [0.4, 0.5) is 4.39 Å². The Kier molecular flexibility index (Phi) is 7.14. The third-order valence-corrected chi connectivity index (χ3v) is 9.93. The number of halogens is 2. The third kappa shape index (κ3) is 4.68. The van der Waals surface area contributed by atoms with Gasteiger partial charge in [0.25, 0.3) is 0 Å². The standard InChI is InChI=1S/C23H24ClFN4O5S2/c1-33-23(30)18-19(13-4-7-29(8-5-13)36(31,32)15-11-34-12-15)27-21(22-26-6-9-35-22)28-20(18)16-3-2-14(25)10-17(16)24/h2-3,6,9-10,13,15,20H,4-5,7-8,11-12H2,1H3,(H,27,28). The zero-order valence-corrected chi connectivity index (χ0v) is 21.7. The number of hydrogen-bond donors (Lipinski definition) is 1. The Morgan fingerprint density at radius 1 is 1.31 bits per heavy atom. The molecule has 192 valence electrons. The minimum atomic E-state index is -3.43. The summed E-state index contributed by atoms with van der Waals surface area (Å²) in [4.78, 5) is 22.2. The van der Waals surface area contributed by atoms with Crippen molar-refractivity contribution in [2.24, 2.45) is 10.9 Å². The molecular formula is C23H24ClFN4O5S2. The van der Waals surface area contributed by atoms with Crippen LogP contribution in [0.1, 0.15) is 29.5 Å². The van der Waals surface area contributed by atoms with Crippen LogP contribution in [0.3, 0.4) is 0 Å². The number of methoxy groups -OCH3 is 1. The van der Waals surface area contributed by atoms with Gasteiger partial charge in [-0.25, -0.2) is 26.9 Å². The molecule has 1 aromatic heterocycles. The number of nitrogens with one attached hydrogen (secondary N) is 1. The molecule has 1 unspecified atom stereocenters. The van der Waals surface area contributed by atoms with E-state index in [1.165, 1.54) is 41.0 Å². The number of benzene rings is 1. The van der Waals surface area contributed by atoms with E-state index in [1.54, 1.807) is 6.20 Å². The topological polar surface area (TPSA) is 110 Å². The number of thiazole rings is 1. The highest BCUT2D eigenvalue weighted by Gasteiger charge is 2.42. The first kappa shape index (κ1) is 25.3. The number of hydrogen-bond acceptors (Lipinski definition) is 9. The van der Waals surface area contributed by atoms with Gasteiger partial charge in [0.1, 0.15) is 17.1 Å². The van der Waals surface area contributed by atoms with E-state index in [4.69, 9.17) is 26.1 Å². The average Bonchev–Trinajstić information content (AvgIpc) is 3.37. The van der Waals surface area contributed by atoms with E-state index in [2.05, 4.69) is 10.3 Å². The number of aliphatic imine (C=N–C) groups is 1. The number of nitrogens with zero attached hydrogens (tertiary/aromatic N) is 3. The van der Waals surface area contributed by atoms with E-state index in [9.17, 15) is 17.6 Å². The highest BCUT2D eigenvalue weighted by atomic mass is 35.5. The van der Waals surface area contributed by atoms with Gasteiger partial charge in [0.05, 0.1) is 25.9 Å². The van der Waals surface area contributed by atoms with Gasteiger partial charge in [-0.15, -0.1) is 11.3 Å². The lowest BCUT2D eigenvalue weighted by Gasteiger charge is -2.38. The van der Waals surface area contributed by atoms with Crippen LogP contribution in [-0.2, 0) is 24.3 Å². The van der Waals surface area contributed by atoms with Crippen molar-refractivity contribution in [1.82, 2.24) is 14.6 Å². The van der Waals surface area contributed by atoms with E-state index in [0.29, 0.717) is 48.0 Å². The summed E-state index contributed by atoms with van der Waals surface area (Å²) in [6.07, 6.45) is 2.63. The Bertz CT molecular complexity index is 1320. The van der Waals surface area contributed by atoms with Crippen LogP contribution in [0.5, 0.6) is 0 Å². The molecule has 9 nitrogen and oxygen atoms in total. The van der Waals surface area contributed by atoms with Gasteiger partial charge in [0, 0.05) is 46.9 Å². The van der Waals surface area contributed by atoms with Crippen molar-refractivity contribution in [3.63, 3.8) is 0 Å². The quantitative estimate of drug-likeness (QED) is 0.547. The van der Waals surface area contributed by atoms with Gasteiger partial charge in [0.15, 0.2) is 10.8 Å². The number of amidine groups is 1. The van der Waals surface area contributed by atoms with Crippen LogP contribution in [0.2, 0.25) is 5.02 Å². The third-order valence-electron chi connectivity index (χ3n) is 6.62. The minimum absolute atomic E-state index is 0.133. The number of carbonyl (C=O) groups excluding carboxylic acids is 1. The zero-order valence-electron chi connectivity index (χ0n) is 19.3. The summed E-state index contributed by atoms with van der Waals surface area (Å²) in [5, 5.41) is 5.35. The molecule has 13 heteroatoms. The molecule has 0 aliphatic carbocycles. The van der Waals surface area contributed by atoms with Crippen molar-refractivity contribution >= 4 is 44.8 Å². The first-order valence-electron chi connectivity index (χ1n) is 11.4. The van der Waals surface area contributed by atoms with Crippen LogP contribution >= 0.6 is 22.9 Å². The van der Waals surface area contributed by atoms with Gasteiger partial charge < -0.3 is 14.8 Å². The van der Waals surface area contributed by atoms with Gasteiger partial charge in [0.2, 0.25) is 10.0 Å². The molecule has 1 atom stereocenters. The SMILES string of the molecule is COC(=O)C1=C(C2CCN(S(=O)(=O)C3COC3)CC2)NC(c2nccs2)=NC1c1ccc(F)cc1Cl.